The summed E-state index contributed by atoms with van der Waals surface area (Å²) in [7, 11) is 0. The maximum Gasteiger partial charge on any atom is 0.223 e. The Balaban J connectivity index is 1.60. The molecule has 3 heterocycles. The van der Waals surface area contributed by atoms with Crippen molar-refractivity contribution >= 4 is 34.1 Å². The van der Waals surface area contributed by atoms with Crippen molar-refractivity contribution in [3.63, 3.8) is 0 Å². The van der Waals surface area contributed by atoms with Crippen molar-refractivity contribution in [3.05, 3.63) is 65.1 Å². The molecular formula is C20H19N5O2S2. The van der Waals surface area contributed by atoms with Gasteiger partial charge in [-0.05, 0) is 24.6 Å². The van der Waals surface area contributed by atoms with E-state index in [4.69, 9.17) is 4.42 Å². The minimum absolute atomic E-state index is 0.125. The predicted molar refractivity (Wildman–Crippen MR) is 114 cm³/mol. The monoisotopic (exact) mass is 425 g/mol. The summed E-state index contributed by atoms with van der Waals surface area (Å²) in [5, 5.41) is 14.9. The lowest BCUT2D eigenvalue weighted by Gasteiger charge is -2.10. The van der Waals surface area contributed by atoms with Gasteiger partial charge in [-0.1, -0.05) is 36.0 Å². The van der Waals surface area contributed by atoms with Crippen LogP contribution in [0.25, 0.3) is 11.4 Å². The molecule has 9 heteroatoms. The van der Waals surface area contributed by atoms with E-state index in [0.29, 0.717) is 17.4 Å². The molecule has 148 valence electrons. The van der Waals surface area contributed by atoms with Crippen molar-refractivity contribution < 1.29 is 9.21 Å². The topological polar surface area (TPSA) is 85.8 Å². The molecule has 29 heavy (non-hydrogen) atoms. The molecule has 0 atom stereocenters. The van der Waals surface area contributed by atoms with Crippen LogP contribution in [0.2, 0.25) is 0 Å². The second kappa shape index (κ2) is 8.62. The summed E-state index contributed by atoms with van der Waals surface area (Å²) in [6, 6.07) is 11.9. The van der Waals surface area contributed by atoms with Crippen LogP contribution in [0.1, 0.15) is 23.9 Å². The molecule has 0 fully saturated rings. The number of carbonyl (C=O) groups excluding carboxylic acids is 1. The summed E-state index contributed by atoms with van der Waals surface area (Å²) in [4.78, 5) is 15.6. The number of hydrogen-bond donors (Lipinski definition) is 1. The zero-order valence-electron chi connectivity index (χ0n) is 16.0. The van der Waals surface area contributed by atoms with E-state index in [1.165, 1.54) is 18.3 Å². The van der Waals surface area contributed by atoms with Gasteiger partial charge >= 0.3 is 0 Å². The minimum atomic E-state index is -0.125. The lowest BCUT2D eigenvalue weighted by atomic mass is 10.1. The Hall–Kier alpha value is -2.91. The van der Waals surface area contributed by atoms with Gasteiger partial charge in [0.15, 0.2) is 16.1 Å². The fourth-order valence-corrected chi connectivity index (χ4v) is 4.53. The van der Waals surface area contributed by atoms with Crippen LogP contribution >= 0.6 is 23.1 Å². The van der Waals surface area contributed by atoms with Gasteiger partial charge in [0.25, 0.3) is 0 Å². The van der Waals surface area contributed by atoms with E-state index in [0.717, 1.165) is 33.6 Å². The molecule has 1 aromatic carbocycles. The Morgan fingerprint density at radius 2 is 2.10 bits per heavy atom. The van der Waals surface area contributed by atoms with Crippen molar-refractivity contribution in [2.75, 3.05) is 5.32 Å². The normalized spacial score (nSPS) is 11.0. The Bertz CT molecular complexity index is 1120. The Morgan fingerprint density at radius 3 is 2.86 bits per heavy atom. The lowest BCUT2D eigenvalue weighted by Crippen LogP contribution is -2.05. The van der Waals surface area contributed by atoms with Crippen LogP contribution in [-0.2, 0) is 17.1 Å². The molecule has 0 radical (unpaired) electrons. The third-order valence-electron chi connectivity index (χ3n) is 4.18. The van der Waals surface area contributed by atoms with Crippen LogP contribution in [0.5, 0.6) is 0 Å². The number of thiazole rings is 1. The highest BCUT2D eigenvalue weighted by atomic mass is 32.2. The molecule has 0 bridgehead atoms. The Labute approximate surface area is 176 Å². The summed E-state index contributed by atoms with van der Waals surface area (Å²) in [5.41, 5.74) is 3.06. The number of benzene rings is 1. The van der Waals surface area contributed by atoms with Gasteiger partial charge in [-0.25, -0.2) is 4.98 Å². The highest BCUT2D eigenvalue weighted by molar-refractivity contribution is 7.98. The lowest BCUT2D eigenvalue weighted by molar-refractivity contribution is -0.114. The molecule has 3 aromatic heterocycles. The van der Waals surface area contributed by atoms with E-state index in [1.807, 2.05) is 35.7 Å². The molecule has 0 aliphatic rings. The van der Waals surface area contributed by atoms with Gasteiger partial charge in [0.05, 0.1) is 18.5 Å². The fourth-order valence-electron chi connectivity index (χ4n) is 2.84. The smallest absolute Gasteiger partial charge is 0.223 e. The number of aromatic nitrogens is 4. The van der Waals surface area contributed by atoms with Gasteiger partial charge in [-0.2, -0.15) is 0 Å². The molecule has 0 unspecified atom stereocenters. The maximum absolute atomic E-state index is 11.2. The number of rotatable bonds is 7. The van der Waals surface area contributed by atoms with E-state index in [2.05, 4.69) is 38.1 Å². The number of hydrogen-bond acceptors (Lipinski definition) is 7. The number of nitrogens with zero attached hydrogens (tertiary/aromatic N) is 4. The van der Waals surface area contributed by atoms with Crippen molar-refractivity contribution in [2.45, 2.75) is 31.3 Å². The molecule has 7 nitrogen and oxygen atoms in total. The summed E-state index contributed by atoms with van der Waals surface area (Å²) < 4.78 is 7.61. The standard InChI is InChI=1S/C20H19N5O2S2/c1-13-6-3-4-8-17(13)18-23-24-20(25(18)10-16-7-5-9-27-16)29-12-15-11-28-19(22-15)21-14(2)26/h3-9,11H,10,12H2,1-2H3,(H,21,22,26). The molecule has 0 spiro atoms. The highest BCUT2D eigenvalue weighted by Gasteiger charge is 2.17. The Kier molecular flexibility index (Phi) is 5.77. The fraction of sp³-hybridized carbons (Fsp3) is 0.200. The van der Waals surface area contributed by atoms with Crippen LogP contribution < -0.4 is 5.32 Å². The SMILES string of the molecule is CC(=O)Nc1nc(CSc2nnc(-c3ccccc3C)n2Cc2ccco2)cs1. The quantitative estimate of drug-likeness (QED) is 0.436. The molecule has 4 rings (SSSR count). The number of thioether (sulfide) groups is 1. The van der Waals surface area contributed by atoms with Crippen molar-refractivity contribution in [1.29, 1.82) is 0 Å². The van der Waals surface area contributed by atoms with E-state index in [-0.39, 0.29) is 5.91 Å². The number of furan rings is 1. The molecule has 0 aliphatic carbocycles. The second-order valence-corrected chi connectivity index (χ2v) is 8.20. The highest BCUT2D eigenvalue weighted by Crippen LogP contribution is 2.29. The van der Waals surface area contributed by atoms with Gasteiger partial charge < -0.3 is 9.73 Å². The summed E-state index contributed by atoms with van der Waals surface area (Å²) >= 11 is 2.97. The first-order valence-electron chi connectivity index (χ1n) is 8.96. The van der Waals surface area contributed by atoms with Crippen LogP contribution in [-0.4, -0.2) is 25.7 Å². The van der Waals surface area contributed by atoms with E-state index < -0.39 is 0 Å². The molecule has 4 aromatic rings. The zero-order chi connectivity index (χ0) is 20.2. The van der Waals surface area contributed by atoms with Crippen LogP contribution in [0, 0.1) is 6.92 Å². The second-order valence-electron chi connectivity index (χ2n) is 6.40. The number of anilines is 1. The van der Waals surface area contributed by atoms with Gasteiger partial charge in [0.1, 0.15) is 5.76 Å². The van der Waals surface area contributed by atoms with Crippen LogP contribution in [0.3, 0.4) is 0 Å². The first-order chi connectivity index (χ1) is 14.1. The molecule has 0 aliphatic heterocycles. The van der Waals surface area contributed by atoms with Gasteiger partial charge in [-0.15, -0.1) is 21.5 Å². The van der Waals surface area contributed by atoms with Crippen LogP contribution in [0.4, 0.5) is 5.13 Å². The third kappa shape index (κ3) is 4.57. The number of carbonyl (C=O) groups is 1. The van der Waals surface area contributed by atoms with Crippen molar-refractivity contribution in [3.8, 4) is 11.4 Å². The number of nitrogens with one attached hydrogen (secondary N) is 1. The molecule has 1 amide bonds. The first kappa shape index (κ1) is 19.4. The van der Waals surface area contributed by atoms with Gasteiger partial charge in [0, 0.05) is 23.6 Å². The summed E-state index contributed by atoms with van der Waals surface area (Å²) in [5.74, 6) is 2.14. The first-order valence-corrected chi connectivity index (χ1v) is 10.8. The van der Waals surface area contributed by atoms with Gasteiger partial charge in [0.2, 0.25) is 5.91 Å². The average molecular weight is 426 g/mol. The molecule has 0 saturated heterocycles. The van der Waals surface area contributed by atoms with Crippen molar-refractivity contribution in [1.82, 2.24) is 19.7 Å². The van der Waals surface area contributed by atoms with E-state index in [9.17, 15) is 4.79 Å². The third-order valence-corrected chi connectivity index (χ3v) is 5.99. The van der Waals surface area contributed by atoms with Crippen LogP contribution in [0.15, 0.2) is 57.6 Å². The largest absolute Gasteiger partial charge is 0.467 e. The zero-order valence-corrected chi connectivity index (χ0v) is 17.6. The summed E-state index contributed by atoms with van der Waals surface area (Å²) in [6.45, 7) is 4.08. The number of amides is 1. The van der Waals surface area contributed by atoms with Crippen molar-refractivity contribution in [2.24, 2.45) is 0 Å². The molecular weight excluding hydrogens is 406 g/mol. The molecule has 0 saturated carbocycles. The predicted octanol–water partition coefficient (Wildman–Crippen LogP) is 4.60. The minimum Gasteiger partial charge on any atom is -0.467 e. The number of aryl methyl sites for hydroxylation is 1. The Morgan fingerprint density at radius 1 is 1.24 bits per heavy atom. The maximum atomic E-state index is 11.2. The van der Waals surface area contributed by atoms with E-state index >= 15 is 0 Å². The summed E-state index contributed by atoms with van der Waals surface area (Å²) in [6.07, 6.45) is 1.67. The average Bonchev–Trinajstić information content (AvgIpc) is 3.43. The van der Waals surface area contributed by atoms with Gasteiger partial charge in [-0.3, -0.25) is 9.36 Å². The van der Waals surface area contributed by atoms with E-state index in [1.54, 1.807) is 18.0 Å². The molecule has 1 N–H and O–H groups in total.